The summed E-state index contributed by atoms with van der Waals surface area (Å²) in [6.45, 7) is 0. The summed E-state index contributed by atoms with van der Waals surface area (Å²) in [6, 6.07) is 7.29. The molecule has 1 N–H and O–H groups in total. The summed E-state index contributed by atoms with van der Waals surface area (Å²) >= 11 is 1.84. The van der Waals surface area contributed by atoms with Crippen LogP contribution in [0.3, 0.4) is 0 Å². The number of aryl methyl sites for hydroxylation is 1. The Bertz CT molecular complexity index is 720. The van der Waals surface area contributed by atoms with Gasteiger partial charge in [0.2, 0.25) is 0 Å². The first-order valence-corrected chi connectivity index (χ1v) is 7.67. The van der Waals surface area contributed by atoms with E-state index in [1.54, 1.807) is 25.2 Å². The molecule has 104 valence electrons. The molecule has 0 radical (unpaired) electrons. The van der Waals surface area contributed by atoms with E-state index in [1.807, 2.05) is 17.8 Å². The molecule has 0 spiro atoms. The standard InChI is InChI=1S/C14H15N3O2S/c1-17-14(19)11-5-3-2-4-10(11)12(16-17)13(18)15-9-6-7-20-8-9/h2-5,9H,6-8H2,1H3,(H,15,18)/t9-/m1/s1. The van der Waals surface area contributed by atoms with Gasteiger partial charge in [-0.15, -0.1) is 0 Å². The average molecular weight is 289 g/mol. The third kappa shape index (κ3) is 2.31. The minimum Gasteiger partial charge on any atom is -0.347 e. The van der Waals surface area contributed by atoms with Gasteiger partial charge in [-0.3, -0.25) is 9.59 Å². The molecule has 1 atom stereocenters. The first-order valence-electron chi connectivity index (χ1n) is 6.51. The molecule has 1 saturated heterocycles. The van der Waals surface area contributed by atoms with Crippen molar-refractivity contribution in [2.75, 3.05) is 11.5 Å². The smallest absolute Gasteiger partial charge is 0.274 e. The minimum absolute atomic E-state index is 0.187. The molecule has 1 aliphatic heterocycles. The first-order chi connectivity index (χ1) is 9.66. The molecule has 1 aromatic carbocycles. The largest absolute Gasteiger partial charge is 0.347 e. The predicted molar refractivity (Wildman–Crippen MR) is 80.2 cm³/mol. The highest BCUT2D eigenvalue weighted by Crippen LogP contribution is 2.18. The number of carbonyl (C=O) groups excluding carboxylic acids is 1. The zero-order chi connectivity index (χ0) is 14.1. The van der Waals surface area contributed by atoms with Crippen molar-refractivity contribution in [2.24, 2.45) is 7.05 Å². The van der Waals surface area contributed by atoms with Crippen molar-refractivity contribution in [3.05, 3.63) is 40.3 Å². The first kappa shape index (κ1) is 13.2. The number of nitrogens with zero attached hydrogens (tertiary/aromatic N) is 2. The Morgan fingerprint density at radius 2 is 2.15 bits per heavy atom. The number of thioether (sulfide) groups is 1. The van der Waals surface area contributed by atoms with E-state index in [2.05, 4.69) is 10.4 Å². The Hall–Kier alpha value is -1.82. The zero-order valence-electron chi connectivity index (χ0n) is 11.1. The predicted octanol–water partition coefficient (Wildman–Crippen LogP) is 1.17. The van der Waals surface area contributed by atoms with Gasteiger partial charge < -0.3 is 5.32 Å². The van der Waals surface area contributed by atoms with Crippen molar-refractivity contribution in [2.45, 2.75) is 12.5 Å². The average Bonchev–Trinajstić information content (AvgIpc) is 2.95. The molecule has 1 aliphatic rings. The lowest BCUT2D eigenvalue weighted by atomic mass is 10.1. The molecule has 0 bridgehead atoms. The normalized spacial score (nSPS) is 18.4. The van der Waals surface area contributed by atoms with E-state index in [9.17, 15) is 9.59 Å². The van der Waals surface area contributed by atoms with Crippen LogP contribution in [-0.4, -0.2) is 33.2 Å². The van der Waals surface area contributed by atoms with Gasteiger partial charge in [-0.25, -0.2) is 4.68 Å². The number of hydrogen-bond acceptors (Lipinski definition) is 4. The van der Waals surface area contributed by atoms with Gasteiger partial charge in [0.05, 0.1) is 5.39 Å². The summed E-state index contributed by atoms with van der Waals surface area (Å²) in [7, 11) is 1.57. The third-order valence-electron chi connectivity index (χ3n) is 3.44. The molecule has 6 heteroatoms. The number of hydrogen-bond donors (Lipinski definition) is 1. The third-order valence-corrected chi connectivity index (χ3v) is 4.60. The molecular formula is C14H15N3O2S. The molecular weight excluding hydrogens is 274 g/mol. The van der Waals surface area contributed by atoms with Crippen LogP contribution in [0.1, 0.15) is 16.9 Å². The fourth-order valence-electron chi connectivity index (χ4n) is 2.37. The van der Waals surface area contributed by atoms with Crippen LogP contribution in [0, 0.1) is 0 Å². The van der Waals surface area contributed by atoms with Crippen LogP contribution >= 0.6 is 11.8 Å². The van der Waals surface area contributed by atoms with Crippen LogP contribution in [0.5, 0.6) is 0 Å². The van der Waals surface area contributed by atoms with E-state index < -0.39 is 0 Å². The Morgan fingerprint density at radius 3 is 2.85 bits per heavy atom. The maximum Gasteiger partial charge on any atom is 0.274 e. The van der Waals surface area contributed by atoms with E-state index in [0.29, 0.717) is 16.5 Å². The number of carbonyl (C=O) groups is 1. The molecule has 0 unspecified atom stereocenters. The van der Waals surface area contributed by atoms with E-state index in [4.69, 9.17) is 0 Å². The van der Waals surface area contributed by atoms with Gasteiger partial charge in [0.25, 0.3) is 11.5 Å². The minimum atomic E-state index is -0.204. The lowest BCUT2D eigenvalue weighted by Crippen LogP contribution is -2.36. The van der Waals surface area contributed by atoms with E-state index >= 15 is 0 Å². The molecule has 2 heterocycles. The fraction of sp³-hybridized carbons (Fsp3) is 0.357. The van der Waals surface area contributed by atoms with E-state index in [0.717, 1.165) is 17.9 Å². The highest BCUT2D eigenvalue weighted by molar-refractivity contribution is 7.99. The summed E-state index contributed by atoms with van der Waals surface area (Å²) in [5.74, 6) is 1.81. The second-order valence-corrected chi connectivity index (χ2v) is 6.01. The van der Waals surface area contributed by atoms with Crippen molar-refractivity contribution in [1.29, 1.82) is 0 Å². The molecule has 2 aromatic rings. The van der Waals surface area contributed by atoms with Gasteiger partial charge >= 0.3 is 0 Å². The Kier molecular flexibility index (Phi) is 3.48. The summed E-state index contributed by atoms with van der Waals surface area (Å²) in [5.41, 5.74) is 0.133. The van der Waals surface area contributed by atoms with Crippen LogP contribution < -0.4 is 10.9 Å². The Balaban J connectivity index is 2.04. The molecule has 1 aromatic heterocycles. The second-order valence-electron chi connectivity index (χ2n) is 4.86. The lowest BCUT2D eigenvalue weighted by molar-refractivity contribution is 0.0936. The van der Waals surface area contributed by atoms with Gasteiger partial charge in [-0.05, 0) is 18.2 Å². The molecule has 20 heavy (non-hydrogen) atoms. The molecule has 3 rings (SSSR count). The molecule has 0 aliphatic carbocycles. The number of benzene rings is 1. The number of amides is 1. The van der Waals surface area contributed by atoms with Crippen LogP contribution in [-0.2, 0) is 7.05 Å². The van der Waals surface area contributed by atoms with Crippen LogP contribution in [0.15, 0.2) is 29.1 Å². The van der Waals surface area contributed by atoms with Gasteiger partial charge in [0, 0.05) is 24.2 Å². The number of aromatic nitrogens is 2. The van der Waals surface area contributed by atoms with E-state index in [-0.39, 0.29) is 17.5 Å². The zero-order valence-corrected chi connectivity index (χ0v) is 11.9. The van der Waals surface area contributed by atoms with E-state index in [1.165, 1.54) is 4.68 Å². The van der Waals surface area contributed by atoms with Crippen molar-refractivity contribution >= 4 is 28.4 Å². The van der Waals surface area contributed by atoms with Crippen molar-refractivity contribution in [3.8, 4) is 0 Å². The number of rotatable bonds is 2. The molecule has 1 fully saturated rings. The monoisotopic (exact) mass is 289 g/mol. The summed E-state index contributed by atoms with van der Waals surface area (Å²) in [4.78, 5) is 24.4. The van der Waals surface area contributed by atoms with Gasteiger partial charge in [-0.1, -0.05) is 18.2 Å². The highest BCUT2D eigenvalue weighted by Gasteiger charge is 2.21. The summed E-state index contributed by atoms with van der Waals surface area (Å²) in [6.07, 6.45) is 0.986. The van der Waals surface area contributed by atoms with Crippen LogP contribution in [0.2, 0.25) is 0 Å². The van der Waals surface area contributed by atoms with Crippen LogP contribution in [0.4, 0.5) is 0 Å². The van der Waals surface area contributed by atoms with Crippen molar-refractivity contribution in [1.82, 2.24) is 15.1 Å². The molecule has 0 saturated carbocycles. The molecule has 1 amide bonds. The number of nitrogens with one attached hydrogen (secondary N) is 1. The topological polar surface area (TPSA) is 64.0 Å². The fourth-order valence-corrected chi connectivity index (χ4v) is 3.52. The van der Waals surface area contributed by atoms with Gasteiger partial charge in [-0.2, -0.15) is 16.9 Å². The number of fused-ring (bicyclic) bond motifs is 1. The van der Waals surface area contributed by atoms with Gasteiger partial charge in [0.15, 0.2) is 5.69 Å². The Morgan fingerprint density at radius 1 is 1.40 bits per heavy atom. The SMILES string of the molecule is Cn1nc(C(=O)N[C@@H]2CCSC2)c2ccccc2c1=O. The lowest BCUT2D eigenvalue weighted by Gasteiger charge is -2.12. The highest BCUT2D eigenvalue weighted by atomic mass is 32.2. The van der Waals surface area contributed by atoms with Crippen molar-refractivity contribution < 1.29 is 4.79 Å². The second kappa shape index (κ2) is 5.28. The van der Waals surface area contributed by atoms with Crippen LogP contribution in [0.25, 0.3) is 10.8 Å². The Labute approximate surface area is 120 Å². The summed E-state index contributed by atoms with van der Waals surface area (Å²) < 4.78 is 1.22. The maximum absolute atomic E-state index is 12.4. The molecule has 5 nitrogen and oxygen atoms in total. The van der Waals surface area contributed by atoms with Crippen molar-refractivity contribution in [3.63, 3.8) is 0 Å². The quantitative estimate of drug-likeness (QED) is 0.901. The van der Waals surface area contributed by atoms with Gasteiger partial charge in [0.1, 0.15) is 0 Å². The maximum atomic E-state index is 12.4. The summed E-state index contributed by atoms with van der Waals surface area (Å²) in [5, 5.41) is 8.26.